The predicted octanol–water partition coefficient (Wildman–Crippen LogP) is -0.434. The van der Waals surface area contributed by atoms with Crippen molar-refractivity contribution in [2.24, 2.45) is 0 Å². The highest BCUT2D eigenvalue weighted by Gasteiger charge is 2.08. The lowest BCUT2D eigenvalue weighted by atomic mass is 10.4. The quantitative estimate of drug-likeness (QED) is 0.549. The molecule has 4 heteroatoms. The smallest absolute Gasteiger partial charge is 0.0945 e. The molecule has 0 aliphatic rings. The number of carboxylic acid groups (broad SMARTS) is 1. The molecule has 2 atom stereocenters. The third kappa shape index (κ3) is 5.09. The first kappa shape index (κ1) is 11.4. The number of hydrogen-bond donors (Lipinski definition) is 0. The van der Waals surface area contributed by atoms with Crippen molar-refractivity contribution in [1.29, 1.82) is 0 Å². The van der Waals surface area contributed by atoms with E-state index in [2.05, 4.69) is 0 Å². The zero-order valence-corrected chi connectivity index (χ0v) is 7.70. The van der Waals surface area contributed by atoms with E-state index in [1.54, 1.807) is 6.92 Å². The fraction of sp³-hybridized carbons (Fsp3) is 0.875. The molecule has 4 nitrogen and oxygen atoms in total. The van der Waals surface area contributed by atoms with Crippen LogP contribution in [0.2, 0.25) is 0 Å². The molecule has 12 heavy (non-hydrogen) atoms. The molecule has 0 saturated carbocycles. The van der Waals surface area contributed by atoms with Crippen molar-refractivity contribution in [1.82, 2.24) is 0 Å². The van der Waals surface area contributed by atoms with E-state index in [1.807, 2.05) is 6.92 Å². The Morgan fingerprint density at radius 1 is 1.50 bits per heavy atom. The second kappa shape index (κ2) is 5.97. The largest absolute Gasteiger partial charge is 0.547 e. The molecule has 2 unspecified atom stereocenters. The molecule has 0 fully saturated rings. The summed E-state index contributed by atoms with van der Waals surface area (Å²) < 4.78 is 10.1. The maximum absolute atomic E-state index is 10.2. The molecule has 0 bridgehead atoms. The van der Waals surface area contributed by atoms with Gasteiger partial charge < -0.3 is 19.4 Å². The highest BCUT2D eigenvalue weighted by atomic mass is 16.5. The van der Waals surface area contributed by atoms with Crippen LogP contribution in [0.25, 0.3) is 0 Å². The molecule has 0 aromatic heterocycles. The molecule has 72 valence electrons. The van der Waals surface area contributed by atoms with Crippen LogP contribution in [0.1, 0.15) is 20.8 Å². The molecular formula is C8H15O4-. The summed E-state index contributed by atoms with van der Waals surface area (Å²) in [6.45, 7) is 6.09. The van der Waals surface area contributed by atoms with E-state index in [9.17, 15) is 9.90 Å². The van der Waals surface area contributed by atoms with Crippen LogP contribution in [0.3, 0.4) is 0 Å². The van der Waals surface area contributed by atoms with Crippen LogP contribution in [0.15, 0.2) is 0 Å². The van der Waals surface area contributed by atoms with Gasteiger partial charge in [-0.15, -0.1) is 0 Å². The summed E-state index contributed by atoms with van der Waals surface area (Å²) >= 11 is 0. The van der Waals surface area contributed by atoms with Gasteiger partial charge in [-0.1, -0.05) is 0 Å². The first-order valence-corrected chi connectivity index (χ1v) is 4.02. The Kier molecular flexibility index (Phi) is 5.66. The number of carbonyl (C=O) groups excluding carboxylic acids is 1. The minimum absolute atomic E-state index is 0.210. The summed E-state index contributed by atoms with van der Waals surface area (Å²) in [7, 11) is 0. The Hall–Kier alpha value is -0.610. The van der Waals surface area contributed by atoms with E-state index in [4.69, 9.17) is 9.47 Å². The van der Waals surface area contributed by atoms with Crippen LogP contribution in [-0.4, -0.2) is 31.4 Å². The summed E-state index contributed by atoms with van der Waals surface area (Å²) in [4.78, 5) is 10.2. The van der Waals surface area contributed by atoms with E-state index in [-0.39, 0.29) is 6.10 Å². The fourth-order valence-corrected chi connectivity index (χ4v) is 0.727. The van der Waals surface area contributed by atoms with Crippen molar-refractivity contribution in [2.75, 3.05) is 13.2 Å². The van der Waals surface area contributed by atoms with Crippen LogP contribution in [-0.2, 0) is 14.3 Å². The minimum Gasteiger partial charge on any atom is -0.547 e. The number of rotatable bonds is 6. The third-order valence-electron chi connectivity index (χ3n) is 1.33. The van der Waals surface area contributed by atoms with E-state index in [0.717, 1.165) is 0 Å². The zero-order chi connectivity index (χ0) is 9.56. The van der Waals surface area contributed by atoms with Gasteiger partial charge in [0.15, 0.2) is 0 Å². The maximum atomic E-state index is 10.2. The zero-order valence-electron chi connectivity index (χ0n) is 7.70. The summed E-state index contributed by atoms with van der Waals surface area (Å²) in [5.74, 6) is -1.20. The second-order valence-corrected chi connectivity index (χ2v) is 2.57. The van der Waals surface area contributed by atoms with Gasteiger partial charge in [0.2, 0.25) is 0 Å². The summed E-state index contributed by atoms with van der Waals surface area (Å²) in [5, 5.41) is 10.2. The van der Waals surface area contributed by atoms with Crippen LogP contribution in [0, 0.1) is 0 Å². The van der Waals surface area contributed by atoms with Gasteiger partial charge in [-0.25, -0.2) is 0 Å². The maximum Gasteiger partial charge on any atom is 0.0945 e. The topological polar surface area (TPSA) is 58.6 Å². The van der Waals surface area contributed by atoms with E-state index >= 15 is 0 Å². The Labute approximate surface area is 72.5 Å². The molecule has 0 aromatic carbocycles. The molecule has 0 aromatic rings. The lowest BCUT2D eigenvalue weighted by Gasteiger charge is -2.19. The summed E-state index contributed by atoms with van der Waals surface area (Å²) in [6.07, 6.45) is -1.08. The molecule has 0 heterocycles. The highest BCUT2D eigenvalue weighted by Crippen LogP contribution is 1.97. The average Bonchev–Trinajstić information content (AvgIpc) is 2.00. The van der Waals surface area contributed by atoms with Gasteiger partial charge in [0.05, 0.1) is 24.8 Å². The third-order valence-corrected chi connectivity index (χ3v) is 1.33. The van der Waals surface area contributed by atoms with Crippen LogP contribution in [0.5, 0.6) is 0 Å². The first-order valence-electron chi connectivity index (χ1n) is 4.02. The number of aliphatic carboxylic acids is 1. The minimum atomic E-state index is -1.20. The van der Waals surface area contributed by atoms with E-state index < -0.39 is 12.1 Å². The molecule has 0 rings (SSSR count). The molecule has 0 N–H and O–H groups in total. The average molecular weight is 175 g/mol. The number of carbonyl (C=O) groups is 1. The number of ether oxygens (including phenoxy) is 2. The van der Waals surface area contributed by atoms with Gasteiger partial charge >= 0.3 is 0 Å². The van der Waals surface area contributed by atoms with Gasteiger partial charge in [-0.3, -0.25) is 0 Å². The Morgan fingerprint density at radius 3 is 2.50 bits per heavy atom. The molecule has 0 aliphatic carbocycles. The van der Waals surface area contributed by atoms with Crippen LogP contribution < -0.4 is 5.11 Å². The molecule has 0 saturated heterocycles. The standard InChI is InChI=1S/C8H16O4/c1-4-11-5-6(2)12-7(3)8(9)10/h6-7H,4-5H2,1-3H3,(H,9,10)/p-1. The summed E-state index contributed by atoms with van der Waals surface area (Å²) in [6, 6.07) is 0. The van der Waals surface area contributed by atoms with Gasteiger partial charge in [0.25, 0.3) is 0 Å². The Bertz CT molecular complexity index is 135. The van der Waals surface area contributed by atoms with Crippen molar-refractivity contribution in [2.45, 2.75) is 33.0 Å². The van der Waals surface area contributed by atoms with Crippen LogP contribution in [0.4, 0.5) is 0 Å². The predicted molar refractivity (Wildman–Crippen MR) is 41.5 cm³/mol. The van der Waals surface area contributed by atoms with Crippen molar-refractivity contribution in [3.05, 3.63) is 0 Å². The van der Waals surface area contributed by atoms with Gasteiger partial charge in [0, 0.05) is 6.61 Å². The Morgan fingerprint density at radius 2 is 2.08 bits per heavy atom. The molecule has 0 amide bonds. The SMILES string of the molecule is CCOCC(C)OC(C)C(=O)[O-]. The van der Waals surface area contributed by atoms with Crippen LogP contribution >= 0.6 is 0 Å². The number of hydrogen-bond acceptors (Lipinski definition) is 4. The summed E-state index contributed by atoms with van der Waals surface area (Å²) in [5.41, 5.74) is 0. The van der Waals surface area contributed by atoms with Gasteiger partial charge in [0.1, 0.15) is 0 Å². The number of carboxylic acids is 1. The lowest BCUT2D eigenvalue weighted by molar-refractivity contribution is -0.317. The fourth-order valence-electron chi connectivity index (χ4n) is 0.727. The Balaban J connectivity index is 3.53. The van der Waals surface area contributed by atoms with Gasteiger partial charge in [-0.2, -0.15) is 0 Å². The van der Waals surface area contributed by atoms with E-state index in [0.29, 0.717) is 13.2 Å². The molecule has 0 radical (unpaired) electrons. The second-order valence-electron chi connectivity index (χ2n) is 2.57. The molecular weight excluding hydrogens is 160 g/mol. The van der Waals surface area contributed by atoms with Crippen molar-refractivity contribution < 1.29 is 19.4 Å². The van der Waals surface area contributed by atoms with Gasteiger partial charge in [-0.05, 0) is 20.8 Å². The van der Waals surface area contributed by atoms with Crippen molar-refractivity contribution in [3.63, 3.8) is 0 Å². The molecule has 0 aliphatic heterocycles. The lowest BCUT2D eigenvalue weighted by Crippen LogP contribution is -2.38. The van der Waals surface area contributed by atoms with E-state index in [1.165, 1.54) is 6.92 Å². The monoisotopic (exact) mass is 175 g/mol. The van der Waals surface area contributed by atoms with Crippen molar-refractivity contribution in [3.8, 4) is 0 Å². The van der Waals surface area contributed by atoms with Crippen molar-refractivity contribution >= 4 is 5.97 Å². The normalized spacial score (nSPS) is 15.6. The highest BCUT2D eigenvalue weighted by molar-refractivity contribution is 5.69. The first-order chi connectivity index (χ1) is 5.57. The molecule has 0 spiro atoms.